The van der Waals surface area contributed by atoms with Crippen molar-refractivity contribution in [3.05, 3.63) is 47.3 Å². The maximum Gasteiger partial charge on any atom is 0.494 e. The molecule has 0 radical (unpaired) electrons. The molecule has 31 heavy (non-hydrogen) atoms. The third kappa shape index (κ3) is 4.01. The van der Waals surface area contributed by atoms with Gasteiger partial charge in [-0.3, -0.25) is 4.79 Å². The molecule has 3 rings (SSSR count). The van der Waals surface area contributed by atoms with Gasteiger partial charge in [0.25, 0.3) is 5.91 Å². The largest absolute Gasteiger partial charge is 0.496 e. The molecule has 1 saturated heterocycles. The van der Waals surface area contributed by atoms with Crippen molar-refractivity contribution in [2.75, 3.05) is 7.11 Å². The van der Waals surface area contributed by atoms with Crippen LogP contribution in [0.15, 0.2) is 30.3 Å². The monoisotopic (exact) mass is 439 g/mol. The number of carbonyl (C=O) groups is 1. The minimum Gasteiger partial charge on any atom is -0.496 e. The van der Waals surface area contributed by atoms with E-state index in [1.165, 1.54) is 25.3 Å². The van der Waals surface area contributed by atoms with Crippen LogP contribution in [-0.4, -0.2) is 31.3 Å². The number of ether oxygens (including phenoxy) is 1. The molecule has 0 saturated carbocycles. The Hall–Kier alpha value is -2.59. The third-order valence-corrected chi connectivity index (χ3v) is 5.73. The summed E-state index contributed by atoms with van der Waals surface area (Å²) in [6.07, 6.45) is -4.87. The van der Waals surface area contributed by atoms with Crippen LogP contribution in [-0.2, 0) is 15.5 Å². The summed E-state index contributed by atoms with van der Waals surface area (Å²) in [6, 6.07) is 5.51. The summed E-state index contributed by atoms with van der Waals surface area (Å²) in [5, 5.41) is 0. The van der Waals surface area contributed by atoms with E-state index in [4.69, 9.17) is 19.8 Å². The second-order valence-electron chi connectivity index (χ2n) is 8.26. The number of carbonyl (C=O) groups excluding carboxylic acids is 1. The lowest BCUT2D eigenvalue weighted by molar-refractivity contribution is -0.137. The Morgan fingerprint density at radius 3 is 2.13 bits per heavy atom. The highest BCUT2D eigenvalue weighted by Crippen LogP contribution is 2.43. The van der Waals surface area contributed by atoms with Crippen LogP contribution in [0.3, 0.4) is 0 Å². The van der Waals surface area contributed by atoms with Gasteiger partial charge in [-0.15, -0.1) is 0 Å². The van der Waals surface area contributed by atoms with Crippen LogP contribution < -0.4 is 15.9 Å². The molecule has 0 unspecified atom stereocenters. The molecular weight excluding hydrogens is 417 g/mol. The first-order valence-corrected chi connectivity index (χ1v) is 9.43. The maximum absolute atomic E-state index is 15.0. The molecule has 1 amide bonds. The second-order valence-corrected chi connectivity index (χ2v) is 8.26. The molecule has 0 aromatic heterocycles. The highest BCUT2D eigenvalue weighted by molar-refractivity contribution is 6.62. The predicted molar refractivity (Wildman–Crippen MR) is 108 cm³/mol. The highest BCUT2D eigenvalue weighted by Gasteiger charge is 2.52. The van der Waals surface area contributed by atoms with Crippen LogP contribution in [0, 0.1) is 5.82 Å². The van der Waals surface area contributed by atoms with Crippen molar-refractivity contribution in [2.45, 2.75) is 45.1 Å². The number of benzene rings is 2. The minimum absolute atomic E-state index is 0.0433. The lowest BCUT2D eigenvalue weighted by Crippen LogP contribution is -2.41. The average Bonchev–Trinajstić information content (AvgIpc) is 2.87. The minimum atomic E-state index is -4.87. The Morgan fingerprint density at radius 2 is 1.65 bits per heavy atom. The number of halogens is 4. The first-order chi connectivity index (χ1) is 14.2. The topological polar surface area (TPSA) is 70.8 Å². The van der Waals surface area contributed by atoms with E-state index < -0.39 is 52.9 Å². The van der Waals surface area contributed by atoms with E-state index in [-0.39, 0.29) is 11.3 Å². The van der Waals surface area contributed by atoms with Crippen molar-refractivity contribution in [3.63, 3.8) is 0 Å². The molecule has 0 bridgehead atoms. The van der Waals surface area contributed by atoms with Crippen molar-refractivity contribution >= 4 is 18.5 Å². The summed E-state index contributed by atoms with van der Waals surface area (Å²) in [4.78, 5) is 11.5. The fourth-order valence-corrected chi connectivity index (χ4v) is 3.31. The van der Waals surface area contributed by atoms with Crippen molar-refractivity contribution in [2.24, 2.45) is 5.73 Å². The first-order valence-electron chi connectivity index (χ1n) is 9.43. The molecular formula is C21H22BF4NO4. The summed E-state index contributed by atoms with van der Waals surface area (Å²) in [5.74, 6) is -2.59. The van der Waals surface area contributed by atoms with Crippen LogP contribution in [0.25, 0.3) is 11.1 Å². The maximum atomic E-state index is 15.0. The quantitative estimate of drug-likeness (QED) is 0.580. The molecule has 5 nitrogen and oxygen atoms in total. The number of alkyl halides is 3. The molecule has 0 spiro atoms. The third-order valence-electron chi connectivity index (χ3n) is 5.73. The van der Waals surface area contributed by atoms with E-state index in [0.29, 0.717) is 11.5 Å². The summed E-state index contributed by atoms with van der Waals surface area (Å²) < 4.78 is 73.0. The fraction of sp³-hybridized carbons (Fsp3) is 0.381. The highest BCUT2D eigenvalue weighted by atomic mass is 19.4. The van der Waals surface area contributed by atoms with Gasteiger partial charge in [0.1, 0.15) is 11.6 Å². The zero-order valence-corrected chi connectivity index (χ0v) is 17.7. The van der Waals surface area contributed by atoms with Crippen molar-refractivity contribution in [1.82, 2.24) is 0 Å². The van der Waals surface area contributed by atoms with E-state index in [1.807, 2.05) is 27.7 Å². The Morgan fingerprint density at radius 1 is 1.06 bits per heavy atom. The van der Waals surface area contributed by atoms with E-state index in [9.17, 15) is 18.0 Å². The average molecular weight is 439 g/mol. The van der Waals surface area contributed by atoms with Gasteiger partial charge < -0.3 is 19.8 Å². The number of amides is 1. The molecule has 1 aliphatic heterocycles. The van der Waals surface area contributed by atoms with Crippen molar-refractivity contribution in [1.29, 1.82) is 0 Å². The normalized spacial score (nSPS) is 17.6. The van der Waals surface area contributed by atoms with Gasteiger partial charge >= 0.3 is 13.3 Å². The smallest absolute Gasteiger partial charge is 0.494 e. The number of nitrogens with two attached hydrogens (primary N) is 1. The lowest BCUT2D eigenvalue weighted by atomic mass is 9.78. The number of rotatable bonds is 4. The van der Waals surface area contributed by atoms with Crippen LogP contribution >= 0.6 is 0 Å². The van der Waals surface area contributed by atoms with Crippen LogP contribution in [0.5, 0.6) is 5.75 Å². The van der Waals surface area contributed by atoms with E-state index in [2.05, 4.69) is 0 Å². The van der Waals surface area contributed by atoms with Crippen molar-refractivity contribution in [3.8, 4) is 16.9 Å². The molecule has 166 valence electrons. The molecule has 10 heteroatoms. The van der Waals surface area contributed by atoms with Gasteiger partial charge in [-0.25, -0.2) is 4.39 Å². The number of primary amides is 1. The molecule has 1 heterocycles. The van der Waals surface area contributed by atoms with Gasteiger partial charge in [-0.05, 0) is 51.4 Å². The molecule has 1 fully saturated rings. The molecule has 2 N–H and O–H groups in total. The van der Waals surface area contributed by atoms with Gasteiger partial charge in [0.2, 0.25) is 0 Å². The number of hydrogen-bond donors (Lipinski definition) is 1. The molecule has 1 aliphatic rings. The van der Waals surface area contributed by atoms with E-state index >= 15 is 4.39 Å². The molecule has 2 aromatic rings. The fourth-order valence-electron chi connectivity index (χ4n) is 3.31. The van der Waals surface area contributed by atoms with Gasteiger partial charge in [-0.1, -0.05) is 12.1 Å². The van der Waals surface area contributed by atoms with E-state index in [0.717, 1.165) is 6.07 Å². The molecule has 0 aliphatic carbocycles. The van der Waals surface area contributed by atoms with Crippen LogP contribution in [0.4, 0.5) is 17.6 Å². The Labute approximate surface area is 177 Å². The Kier molecular flexibility index (Phi) is 5.60. The SMILES string of the molecule is COc1cc(B2OC(C)(C)C(C)(C)O2)ccc1-c1c(C(F)(F)F)ccc(C(N)=O)c1F. The van der Waals surface area contributed by atoms with Gasteiger partial charge in [0, 0.05) is 11.1 Å². The lowest BCUT2D eigenvalue weighted by Gasteiger charge is -2.32. The van der Waals surface area contributed by atoms with E-state index in [1.54, 1.807) is 0 Å². The van der Waals surface area contributed by atoms with Crippen molar-refractivity contribution < 1.29 is 36.4 Å². The Bertz CT molecular complexity index is 1020. The Balaban J connectivity index is 2.17. The zero-order chi connectivity index (χ0) is 23.4. The molecule has 2 aromatic carbocycles. The zero-order valence-electron chi connectivity index (χ0n) is 17.7. The van der Waals surface area contributed by atoms with Gasteiger partial charge in [0.05, 0.1) is 29.4 Å². The molecule has 0 atom stereocenters. The first kappa shape index (κ1) is 23.1. The summed E-state index contributed by atoms with van der Waals surface area (Å²) >= 11 is 0. The standard InChI is InChI=1S/C21H22BF4NO4/c1-19(2)20(3,4)31-22(30-19)11-6-7-12(15(10-11)29-5)16-14(21(24,25)26)9-8-13(17(16)23)18(27)28/h6-10H,1-5H3,(H2,27,28). The number of hydrogen-bond acceptors (Lipinski definition) is 4. The summed E-state index contributed by atoms with van der Waals surface area (Å²) in [6.45, 7) is 7.44. The van der Waals surface area contributed by atoms with Gasteiger partial charge in [0.15, 0.2) is 0 Å². The van der Waals surface area contributed by atoms with Crippen LogP contribution in [0.2, 0.25) is 0 Å². The summed E-state index contributed by atoms with van der Waals surface area (Å²) in [7, 11) is 0.451. The summed E-state index contributed by atoms with van der Waals surface area (Å²) in [5.41, 5.74) is 1.44. The predicted octanol–water partition coefficient (Wildman–Crippen LogP) is 3.92. The number of methoxy groups -OCH3 is 1. The van der Waals surface area contributed by atoms with Crippen LogP contribution in [0.1, 0.15) is 43.6 Å². The second kappa shape index (κ2) is 7.53. The van der Waals surface area contributed by atoms with Gasteiger partial charge in [-0.2, -0.15) is 13.2 Å².